The average Bonchev–Trinajstić information content (AvgIpc) is 3.30. The number of aromatic nitrogens is 1. The third-order valence-electron chi connectivity index (χ3n) is 3.69. The monoisotopic (exact) mass is 307 g/mol. The summed E-state index contributed by atoms with van der Waals surface area (Å²) in [5.41, 5.74) is 6.44. The molecule has 22 heavy (non-hydrogen) atoms. The highest BCUT2D eigenvalue weighted by molar-refractivity contribution is 5.48. The van der Waals surface area contributed by atoms with Crippen LogP contribution in [0, 0.1) is 0 Å². The zero-order chi connectivity index (χ0) is 15.7. The van der Waals surface area contributed by atoms with Crippen LogP contribution in [0.25, 0.3) is 0 Å². The molecule has 1 fully saturated rings. The largest absolute Gasteiger partial charge is 0.416 e. The van der Waals surface area contributed by atoms with E-state index in [9.17, 15) is 13.2 Å². The number of nitrogens with zero attached hydrogens (tertiary/aromatic N) is 2. The summed E-state index contributed by atoms with van der Waals surface area (Å²) in [7, 11) is 0. The van der Waals surface area contributed by atoms with E-state index in [0.29, 0.717) is 18.3 Å². The molecule has 6 heteroatoms. The lowest BCUT2D eigenvalue weighted by atomic mass is 10.1. The third-order valence-corrected chi connectivity index (χ3v) is 3.69. The molecule has 1 aromatic carbocycles. The van der Waals surface area contributed by atoms with Crippen molar-refractivity contribution in [1.82, 2.24) is 4.98 Å². The molecule has 2 N–H and O–H groups in total. The van der Waals surface area contributed by atoms with E-state index >= 15 is 0 Å². The lowest BCUT2D eigenvalue weighted by Gasteiger charge is -2.24. The van der Waals surface area contributed by atoms with E-state index in [1.54, 1.807) is 12.3 Å². The highest BCUT2D eigenvalue weighted by Crippen LogP contribution is 2.33. The Morgan fingerprint density at radius 1 is 1.09 bits per heavy atom. The molecule has 3 nitrogen and oxygen atoms in total. The summed E-state index contributed by atoms with van der Waals surface area (Å²) in [5, 5.41) is 0. The molecular weight excluding hydrogens is 291 g/mol. The van der Waals surface area contributed by atoms with Gasteiger partial charge in [-0.3, -0.25) is 0 Å². The molecule has 0 unspecified atom stereocenters. The van der Waals surface area contributed by atoms with Gasteiger partial charge in [0.05, 0.1) is 17.4 Å². The van der Waals surface area contributed by atoms with E-state index < -0.39 is 11.7 Å². The Labute approximate surface area is 126 Å². The minimum Gasteiger partial charge on any atom is -0.397 e. The van der Waals surface area contributed by atoms with Crippen LogP contribution in [-0.4, -0.2) is 11.0 Å². The van der Waals surface area contributed by atoms with Crippen molar-refractivity contribution in [3.63, 3.8) is 0 Å². The summed E-state index contributed by atoms with van der Waals surface area (Å²) in [5.74, 6) is 0.802. The fourth-order valence-corrected chi connectivity index (χ4v) is 2.35. The van der Waals surface area contributed by atoms with Crippen LogP contribution >= 0.6 is 0 Å². The molecule has 1 aliphatic rings. The molecule has 1 heterocycles. The molecule has 0 spiro atoms. The molecule has 1 aromatic heterocycles. The second-order valence-electron chi connectivity index (χ2n) is 5.50. The molecule has 1 saturated carbocycles. The Kier molecular flexibility index (Phi) is 3.68. The van der Waals surface area contributed by atoms with Gasteiger partial charge >= 0.3 is 6.18 Å². The summed E-state index contributed by atoms with van der Waals surface area (Å²) in [4.78, 5) is 6.43. The normalized spacial score (nSPS) is 14.9. The van der Waals surface area contributed by atoms with Gasteiger partial charge in [-0.25, -0.2) is 4.98 Å². The van der Waals surface area contributed by atoms with E-state index in [2.05, 4.69) is 9.88 Å². The molecule has 116 valence electrons. The quantitative estimate of drug-likeness (QED) is 0.933. The number of hydrogen-bond donors (Lipinski definition) is 1. The molecule has 0 atom stereocenters. The topological polar surface area (TPSA) is 42.1 Å². The lowest BCUT2D eigenvalue weighted by Crippen LogP contribution is -2.26. The second kappa shape index (κ2) is 5.51. The summed E-state index contributed by atoms with van der Waals surface area (Å²) in [6.07, 6.45) is -0.552. The maximum Gasteiger partial charge on any atom is 0.416 e. The molecule has 0 bridgehead atoms. The zero-order valence-corrected chi connectivity index (χ0v) is 11.8. The Bertz CT molecular complexity index is 631. The predicted molar refractivity (Wildman–Crippen MR) is 79.3 cm³/mol. The highest BCUT2D eigenvalue weighted by atomic mass is 19.4. The van der Waals surface area contributed by atoms with Crippen LogP contribution in [-0.2, 0) is 12.7 Å². The Morgan fingerprint density at radius 2 is 1.77 bits per heavy atom. The number of anilines is 2. The van der Waals surface area contributed by atoms with Gasteiger partial charge < -0.3 is 10.6 Å². The molecular formula is C16H16F3N3. The van der Waals surface area contributed by atoms with Crippen molar-refractivity contribution in [2.75, 3.05) is 10.6 Å². The first-order chi connectivity index (χ1) is 10.4. The average molecular weight is 307 g/mol. The molecule has 1 aliphatic carbocycles. The summed E-state index contributed by atoms with van der Waals surface area (Å²) in [6.45, 7) is 0.541. The smallest absolute Gasteiger partial charge is 0.397 e. The first-order valence-corrected chi connectivity index (χ1v) is 7.08. The number of alkyl halides is 3. The van der Waals surface area contributed by atoms with Crippen molar-refractivity contribution >= 4 is 11.5 Å². The number of nitrogens with two attached hydrogens (primary N) is 1. The second-order valence-corrected chi connectivity index (χ2v) is 5.50. The third kappa shape index (κ3) is 3.32. The van der Waals surface area contributed by atoms with Gasteiger partial charge in [-0.1, -0.05) is 12.1 Å². The van der Waals surface area contributed by atoms with Crippen LogP contribution in [0.5, 0.6) is 0 Å². The number of benzene rings is 1. The number of halogens is 3. The first-order valence-electron chi connectivity index (χ1n) is 7.08. The minimum atomic E-state index is -4.30. The standard InChI is InChI=1S/C16H16F3N3/c17-16(18,19)12-3-1-11(2-4-12)10-22(14-6-7-14)15-8-5-13(20)9-21-15/h1-5,8-9,14H,6-7,10,20H2. The van der Waals surface area contributed by atoms with Gasteiger partial charge in [0.1, 0.15) is 5.82 Å². The van der Waals surface area contributed by atoms with Crippen LogP contribution in [0.4, 0.5) is 24.7 Å². The Balaban J connectivity index is 1.78. The van der Waals surface area contributed by atoms with Gasteiger partial charge in [0.25, 0.3) is 0 Å². The van der Waals surface area contributed by atoms with Crippen molar-refractivity contribution in [1.29, 1.82) is 0 Å². The molecule has 0 amide bonds. The number of hydrogen-bond acceptors (Lipinski definition) is 3. The van der Waals surface area contributed by atoms with Crippen molar-refractivity contribution in [2.24, 2.45) is 0 Å². The summed E-state index contributed by atoms with van der Waals surface area (Å²) < 4.78 is 37.8. The van der Waals surface area contributed by atoms with Gasteiger partial charge in [-0.15, -0.1) is 0 Å². The maximum absolute atomic E-state index is 12.6. The van der Waals surface area contributed by atoms with Gasteiger partial charge in [0.15, 0.2) is 0 Å². The van der Waals surface area contributed by atoms with E-state index in [0.717, 1.165) is 36.4 Å². The Morgan fingerprint density at radius 3 is 2.27 bits per heavy atom. The van der Waals surface area contributed by atoms with E-state index in [1.807, 2.05) is 6.07 Å². The zero-order valence-electron chi connectivity index (χ0n) is 11.8. The van der Waals surface area contributed by atoms with Crippen LogP contribution in [0.15, 0.2) is 42.6 Å². The lowest BCUT2D eigenvalue weighted by molar-refractivity contribution is -0.137. The molecule has 3 rings (SSSR count). The van der Waals surface area contributed by atoms with E-state index in [4.69, 9.17) is 5.73 Å². The summed E-state index contributed by atoms with van der Waals surface area (Å²) in [6, 6.07) is 9.32. The number of rotatable bonds is 4. The van der Waals surface area contributed by atoms with Crippen LogP contribution < -0.4 is 10.6 Å². The molecule has 0 saturated heterocycles. The van der Waals surface area contributed by atoms with E-state index in [1.165, 1.54) is 12.1 Å². The predicted octanol–water partition coefficient (Wildman–Crippen LogP) is 3.85. The van der Waals surface area contributed by atoms with Crippen molar-refractivity contribution in [3.05, 3.63) is 53.7 Å². The SMILES string of the molecule is Nc1ccc(N(Cc2ccc(C(F)(F)F)cc2)C2CC2)nc1. The number of nitrogen functional groups attached to an aromatic ring is 1. The molecule has 0 radical (unpaired) electrons. The first kappa shape index (κ1) is 14.7. The minimum absolute atomic E-state index is 0.401. The fourth-order valence-electron chi connectivity index (χ4n) is 2.35. The Hall–Kier alpha value is -2.24. The van der Waals surface area contributed by atoms with Crippen LogP contribution in [0.3, 0.4) is 0 Å². The number of pyridine rings is 1. The van der Waals surface area contributed by atoms with Crippen molar-refractivity contribution in [2.45, 2.75) is 31.6 Å². The van der Waals surface area contributed by atoms with Crippen molar-refractivity contribution < 1.29 is 13.2 Å². The van der Waals surface area contributed by atoms with Gasteiger partial charge in [-0.05, 0) is 42.7 Å². The fraction of sp³-hybridized carbons (Fsp3) is 0.312. The van der Waals surface area contributed by atoms with Crippen LogP contribution in [0.2, 0.25) is 0 Å². The van der Waals surface area contributed by atoms with Gasteiger partial charge in [0, 0.05) is 12.6 Å². The maximum atomic E-state index is 12.6. The molecule has 0 aliphatic heterocycles. The van der Waals surface area contributed by atoms with Crippen molar-refractivity contribution in [3.8, 4) is 0 Å². The van der Waals surface area contributed by atoms with E-state index in [-0.39, 0.29) is 0 Å². The summed E-state index contributed by atoms with van der Waals surface area (Å²) >= 11 is 0. The van der Waals surface area contributed by atoms with Gasteiger partial charge in [-0.2, -0.15) is 13.2 Å². The highest BCUT2D eigenvalue weighted by Gasteiger charge is 2.31. The van der Waals surface area contributed by atoms with Crippen LogP contribution in [0.1, 0.15) is 24.0 Å². The van der Waals surface area contributed by atoms with Gasteiger partial charge in [0.2, 0.25) is 0 Å². The molecule has 2 aromatic rings.